The minimum atomic E-state index is 0.0746. The first-order chi connectivity index (χ1) is 6.29. The van der Waals surface area contributed by atoms with Crippen LogP contribution < -0.4 is 5.32 Å². The van der Waals surface area contributed by atoms with E-state index < -0.39 is 0 Å². The zero-order chi connectivity index (χ0) is 9.26. The van der Waals surface area contributed by atoms with Crippen LogP contribution in [0, 0.1) is 5.92 Å². The molecule has 0 aromatic heterocycles. The Labute approximate surface area is 78.8 Å². The lowest BCUT2D eigenvalue weighted by Crippen LogP contribution is -2.30. The standard InChI is InChI=1S/C10H17NO2/c1-13-8-5-9(11-6-8)10(12)4-7-2-3-7/h7-9,11H,2-6H2,1H3. The molecule has 2 fully saturated rings. The second-order valence-corrected chi connectivity index (χ2v) is 4.17. The Morgan fingerprint density at radius 3 is 2.85 bits per heavy atom. The van der Waals surface area contributed by atoms with Gasteiger partial charge in [0.25, 0.3) is 0 Å². The van der Waals surface area contributed by atoms with Crippen LogP contribution in [0.3, 0.4) is 0 Å². The number of hydrogen-bond acceptors (Lipinski definition) is 3. The summed E-state index contributed by atoms with van der Waals surface area (Å²) in [4.78, 5) is 11.6. The molecule has 74 valence electrons. The first-order valence-corrected chi connectivity index (χ1v) is 5.08. The van der Waals surface area contributed by atoms with Gasteiger partial charge in [-0.1, -0.05) is 0 Å². The minimum Gasteiger partial charge on any atom is -0.380 e. The summed E-state index contributed by atoms with van der Waals surface area (Å²) in [5, 5.41) is 3.22. The molecule has 3 nitrogen and oxygen atoms in total. The van der Waals surface area contributed by atoms with Crippen LogP contribution in [0.15, 0.2) is 0 Å². The van der Waals surface area contributed by atoms with Crippen molar-refractivity contribution < 1.29 is 9.53 Å². The summed E-state index contributed by atoms with van der Waals surface area (Å²) in [5.41, 5.74) is 0. The molecule has 1 saturated carbocycles. The second kappa shape index (κ2) is 3.76. The van der Waals surface area contributed by atoms with Gasteiger partial charge in [0.05, 0.1) is 12.1 Å². The fourth-order valence-corrected chi connectivity index (χ4v) is 1.88. The van der Waals surface area contributed by atoms with Crippen molar-refractivity contribution in [2.45, 2.75) is 37.8 Å². The lowest BCUT2D eigenvalue weighted by Gasteiger charge is -2.08. The summed E-state index contributed by atoms with van der Waals surface area (Å²) in [5.74, 6) is 1.10. The topological polar surface area (TPSA) is 38.3 Å². The Balaban J connectivity index is 1.77. The molecule has 0 aromatic rings. The molecule has 13 heavy (non-hydrogen) atoms. The molecule has 0 amide bonds. The van der Waals surface area contributed by atoms with Crippen molar-refractivity contribution in [3.05, 3.63) is 0 Å². The van der Waals surface area contributed by atoms with Gasteiger partial charge < -0.3 is 10.1 Å². The Bertz CT molecular complexity index is 201. The SMILES string of the molecule is COC1CNC(C(=O)CC2CC2)C1. The number of Topliss-reactive ketones (excluding diaryl/α,β-unsaturated/α-hetero) is 1. The summed E-state index contributed by atoms with van der Waals surface area (Å²) in [6.07, 6.45) is 4.40. The Morgan fingerprint density at radius 2 is 2.31 bits per heavy atom. The predicted molar refractivity (Wildman–Crippen MR) is 49.6 cm³/mol. The highest BCUT2D eigenvalue weighted by Gasteiger charge is 2.32. The van der Waals surface area contributed by atoms with Crippen molar-refractivity contribution in [2.24, 2.45) is 5.92 Å². The number of ketones is 1. The lowest BCUT2D eigenvalue weighted by atomic mass is 10.1. The number of carbonyl (C=O) groups excluding carboxylic acids is 1. The zero-order valence-corrected chi connectivity index (χ0v) is 8.08. The van der Waals surface area contributed by atoms with Crippen molar-refractivity contribution in [3.63, 3.8) is 0 Å². The van der Waals surface area contributed by atoms with Gasteiger partial charge in [0.15, 0.2) is 0 Å². The maximum absolute atomic E-state index is 11.6. The fourth-order valence-electron chi connectivity index (χ4n) is 1.88. The number of ether oxygens (including phenoxy) is 1. The van der Waals surface area contributed by atoms with Gasteiger partial charge >= 0.3 is 0 Å². The van der Waals surface area contributed by atoms with Crippen LogP contribution in [0.5, 0.6) is 0 Å². The monoisotopic (exact) mass is 183 g/mol. The third kappa shape index (κ3) is 2.29. The number of nitrogens with one attached hydrogen (secondary N) is 1. The van der Waals surface area contributed by atoms with E-state index in [4.69, 9.17) is 4.74 Å². The molecule has 3 heteroatoms. The van der Waals surface area contributed by atoms with Crippen molar-refractivity contribution in [3.8, 4) is 0 Å². The van der Waals surface area contributed by atoms with E-state index in [1.54, 1.807) is 7.11 Å². The van der Waals surface area contributed by atoms with Gasteiger partial charge in [-0.2, -0.15) is 0 Å². The lowest BCUT2D eigenvalue weighted by molar-refractivity contribution is -0.121. The number of carbonyl (C=O) groups is 1. The average Bonchev–Trinajstić information content (AvgIpc) is 2.82. The first kappa shape index (κ1) is 9.16. The minimum absolute atomic E-state index is 0.0746. The third-order valence-electron chi connectivity index (χ3n) is 3.00. The maximum Gasteiger partial charge on any atom is 0.150 e. The van der Waals surface area contributed by atoms with E-state index in [-0.39, 0.29) is 12.1 Å². The maximum atomic E-state index is 11.6. The zero-order valence-electron chi connectivity index (χ0n) is 8.08. The molecule has 1 aliphatic heterocycles. The molecule has 2 aliphatic rings. The average molecular weight is 183 g/mol. The van der Waals surface area contributed by atoms with Crippen LogP contribution in [-0.2, 0) is 9.53 Å². The van der Waals surface area contributed by atoms with Gasteiger partial charge in [-0.05, 0) is 25.2 Å². The molecule has 0 radical (unpaired) electrons. The molecule has 0 bridgehead atoms. The number of hydrogen-bond donors (Lipinski definition) is 1. The van der Waals surface area contributed by atoms with E-state index in [9.17, 15) is 4.79 Å². The second-order valence-electron chi connectivity index (χ2n) is 4.17. The van der Waals surface area contributed by atoms with Crippen molar-refractivity contribution >= 4 is 5.78 Å². The summed E-state index contributed by atoms with van der Waals surface area (Å²) < 4.78 is 5.20. The Morgan fingerprint density at radius 1 is 1.54 bits per heavy atom. The van der Waals surface area contributed by atoms with Crippen LogP contribution >= 0.6 is 0 Å². The number of methoxy groups -OCH3 is 1. The van der Waals surface area contributed by atoms with Crippen molar-refractivity contribution in [1.82, 2.24) is 5.32 Å². The molecule has 0 spiro atoms. The van der Waals surface area contributed by atoms with Crippen LogP contribution in [0.2, 0.25) is 0 Å². The molecule has 0 aromatic carbocycles. The van der Waals surface area contributed by atoms with Crippen LogP contribution in [0.4, 0.5) is 0 Å². The van der Waals surface area contributed by atoms with Gasteiger partial charge in [-0.15, -0.1) is 0 Å². The number of rotatable bonds is 4. The van der Waals surface area contributed by atoms with Gasteiger partial charge in [-0.25, -0.2) is 0 Å². The predicted octanol–water partition coefficient (Wildman–Crippen LogP) is 0.732. The van der Waals surface area contributed by atoms with Crippen LogP contribution in [-0.4, -0.2) is 31.6 Å². The molecule has 1 heterocycles. The van der Waals surface area contributed by atoms with E-state index in [2.05, 4.69) is 5.32 Å². The van der Waals surface area contributed by atoms with E-state index in [1.165, 1.54) is 12.8 Å². The first-order valence-electron chi connectivity index (χ1n) is 5.08. The molecule has 1 N–H and O–H groups in total. The van der Waals surface area contributed by atoms with Gasteiger partial charge in [0.1, 0.15) is 5.78 Å². The summed E-state index contributed by atoms with van der Waals surface area (Å²) in [6, 6.07) is 0.0746. The molecular formula is C10H17NO2. The largest absolute Gasteiger partial charge is 0.380 e. The van der Waals surface area contributed by atoms with Gasteiger partial charge in [0, 0.05) is 20.1 Å². The van der Waals surface area contributed by atoms with E-state index in [1.807, 2.05) is 0 Å². The molecule has 1 saturated heterocycles. The fraction of sp³-hybridized carbons (Fsp3) is 0.900. The van der Waals surface area contributed by atoms with Gasteiger partial charge in [0.2, 0.25) is 0 Å². The smallest absolute Gasteiger partial charge is 0.150 e. The molecular weight excluding hydrogens is 166 g/mol. The highest BCUT2D eigenvalue weighted by Crippen LogP contribution is 2.33. The third-order valence-corrected chi connectivity index (χ3v) is 3.00. The molecule has 2 rings (SSSR count). The van der Waals surface area contributed by atoms with Crippen LogP contribution in [0.1, 0.15) is 25.7 Å². The van der Waals surface area contributed by atoms with E-state index in [0.717, 1.165) is 19.4 Å². The summed E-state index contributed by atoms with van der Waals surface area (Å²) >= 11 is 0. The molecule has 2 unspecified atom stereocenters. The normalized spacial score (nSPS) is 33.6. The van der Waals surface area contributed by atoms with E-state index >= 15 is 0 Å². The highest BCUT2D eigenvalue weighted by molar-refractivity contribution is 5.84. The van der Waals surface area contributed by atoms with Gasteiger partial charge in [-0.3, -0.25) is 4.79 Å². The summed E-state index contributed by atoms with van der Waals surface area (Å²) in [6.45, 7) is 0.831. The quantitative estimate of drug-likeness (QED) is 0.698. The Hall–Kier alpha value is -0.410. The molecule has 1 aliphatic carbocycles. The van der Waals surface area contributed by atoms with Crippen molar-refractivity contribution in [2.75, 3.05) is 13.7 Å². The highest BCUT2D eigenvalue weighted by atomic mass is 16.5. The van der Waals surface area contributed by atoms with E-state index in [0.29, 0.717) is 11.7 Å². The van der Waals surface area contributed by atoms with Crippen molar-refractivity contribution in [1.29, 1.82) is 0 Å². The Kier molecular flexibility index (Phi) is 2.65. The summed E-state index contributed by atoms with van der Waals surface area (Å²) in [7, 11) is 1.71. The van der Waals surface area contributed by atoms with Crippen LogP contribution in [0.25, 0.3) is 0 Å². The molecule has 2 atom stereocenters.